The van der Waals surface area contributed by atoms with Gasteiger partial charge in [0.25, 0.3) is 0 Å². The van der Waals surface area contributed by atoms with E-state index in [-0.39, 0.29) is 17.0 Å². The first-order chi connectivity index (χ1) is 13.1. The summed E-state index contributed by atoms with van der Waals surface area (Å²) in [6, 6.07) is 5.41. The van der Waals surface area contributed by atoms with Gasteiger partial charge in [0.1, 0.15) is 5.82 Å². The molecule has 3 N–H and O–H groups in total. The van der Waals surface area contributed by atoms with Gasteiger partial charge in [-0.15, -0.1) is 0 Å². The molecule has 1 aromatic carbocycles. The minimum absolute atomic E-state index is 0.114. The zero-order chi connectivity index (χ0) is 20.6. The van der Waals surface area contributed by atoms with Crippen molar-refractivity contribution in [1.82, 2.24) is 4.57 Å². The number of rotatable bonds is 3. The number of aryl methyl sites for hydroxylation is 1. The Bertz CT molecular complexity index is 1120. The summed E-state index contributed by atoms with van der Waals surface area (Å²) in [6.07, 6.45) is 5.93. The molecule has 2 aromatic rings. The molecule has 0 bridgehead atoms. The standard InChI is InChI=1S/C22H25N3O3/c1-5-24-21(23)16-7-6-15(8-14(16)9-19(27)28)25-12-13(2)20-17(25)10-22(3,4)11-18(20)26/h5-9,12H,10-11,23H2,1-4H3,(H,27,28)/b14-9+,21-16-,24-5-. The second kappa shape index (κ2) is 7.11. The number of carbonyl (C=O) groups excluding carboxylic acids is 1. The van der Waals surface area contributed by atoms with E-state index in [4.69, 9.17) is 5.73 Å². The van der Waals surface area contributed by atoms with Crippen LogP contribution in [0.15, 0.2) is 29.4 Å². The van der Waals surface area contributed by atoms with Crippen LogP contribution < -0.4 is 16.2 Å². The van der Waals surface area contributed by atoms with Crippen LogP contribution in [-0.2, 0) is 11.2 Å². The number of nitrogens with zero attached hydrogens (tertiary/aromatic N) is 2. The number of ketones is 1. The lowest BCUT2D eigenvalue weighted by molar-refractivity contribution is -0.129. The van der Waals surface area contributed by atoms with Gasteiger partial charge in [0.2, 0.25) is 0 Å². The number of nitrogens with two attached hydrogens (primary N) is 1. The molecule has 1 aliphatic carbocycles. The molecule has 0 aliphatic heterocycles. The molecule has 0 saturated heterocycles. The van der Waals surface area contributed by atoms with E-state index < -0.39 is 5.97 Å². The molecule has 0 radical (unpaired) electrons. The van der Waals surface area contributed by atoms with Crippen molar-refractivity contribution >= 4 is 29.9 Å². The maximum absolute atomic E-state index is 12.7. The van der Waals surface area contributed by atoms with Crippen LogP contribution in [0.25, 0.3) is 17.6 Å². The largest absolute Gasteiger partial charge is 0.478 e. The van der Waals surface area contributed by atoms with Crippen LogP contribution in [0.5, 0.6) is 0 Å². The lowest BCUT2D eigenvalue weighted by Gasteiger charge is -2.30. The van der Waals surface area contributed by atoms with Gasteiger partial charge < -0.3 is 15.4 Å². The number of carboxylic acid groups (broad SMARTS) is 1. The van der Waals surface area contributed by atoms with E-state index in [0.29, 0.717) is 16.9 Å². The van der Waals surface area contributed by atoms with Gasteiger partial charge in [-0.3, -0.25) is 4.79 Å². The first kappa shape index (κ1) is 19.6. The molecule has 0 fully saturated rings. The van der Waals surface area contributed by atoms with Gasteiger partial charge in [0, 0.05) is 47.1 Å². The Morgan fingerprint density at radius 3 is 2.68 bits per heavy atom. The van der Waals surface area contributed by atoms with Crippen LogP contribution in [-0.4, -0.2) is 27.6 Å². The van der Waals surface area contributed by atoms with Crippen LogP contribution in [0.4, 0.5) is 0 Å². The van der Waals surface area contributed by atoms with E-state index in [0.717, 1.165) is 35.0 Å². The number of aliphatic carboxylic acids is 1. The maximum atomic E-state index is 12.7. The number of carbonyl (C=O) groups is 2. The number of aromatic nitrogens is 1. The first-order valence-electron chi connectivity index (χ1n) is 9.20. The van der Waals surface area contributed by atoms with E-state index in [1.807, 2.05) is 23.8 Å². The van der Waals surface area contributed by atoms with Crippen LogP contribution in [0, 0.1) is 12.3 Å². The summed E-state index contributed by atoms with van der Waals surface area (Å²) in [5.74, 6) is -0.649. The van der Waals surface area contributed by atoms with Crippen LogP contribution >= 0.6 is 0 Å². The van der Waals surface area contributed by atoms with Gasteiger partial charge in [-0.1, -0.05) is 13.8 Å². The molecule has 0 atom stereocenters. The van der Waals surface area contributed by atoms with Gasteiger partial charge in [-0.25, -0.2) is 9.79 Å². The summed E-state index contributed by atoms with van der Waals surface area (Å²) >= 11 is 0. The molecule has 6 heteroatoms. The molecule has 6 nitrogen and oxygen atoms in total. The Labute approximate surface area is 163 Å². The predicted molar refractivity (Wildman–Crippen MR) is 110 cm³/mol. The molecule has 1 aliphatic rings. The minimum atomic E-state index is -1.06. The van der Waals surface area contributed by atoms with E-state index in [1.54, 1.807) is 25.3 Å². The van der Waals surface area contributed by atoms with Gasteiger partial charge in [-0.05, 0) is 54.7 Å². The lowest BCUT2D eigenvalue weighted by atomic mass is 9.75. The zero-order valence-electron chi connectivity index (χ0n) is 16.6. The summed E-state index contributed by atoms with van der Waals surface area (Å²) in [5.41, 5.74) is 9.36. The highest BCUT2D eigenvalue weighted by atomic mass is 16.4. The van der Waals surface area contributed by atoms with Gasteiger partial charge >= 0.3 is 5.97 Å². The second-order valence-electron chi connectivity index (χ2n) is 7.97. The third-order valence-electron chi connectivity index (χ3n) is 5.00. The highest BCUT2D eigenvalue weighted by molar-refractivity contribution is 6.00. The van der Waals surface area contributed by atoms with Crippen LogP contribution in [0.3, 0.4) is 0 Å². The van der Waals surface area contributed by atoms with E-state index in [2.05, 4.69) is 18.8 Å². The normalized spacial score (nSPS) is 17.7. The molecule has 0 spiro atoms. The molecule has 28 heavy (non-hydrogen) atoms. The van der Waals surface area contributed by atoms with Crippen molar-refractivity contribution in [3.63, 3.8) is 0 Å². The van der Waals surface area contributed by atoms with Gasteiger partial charge in [-0.2, -0.15) is 0 Å². The molecular formula is C22H25N3O3. The average Bonchev–Trinajstić information content (AvgIpc) is 2.89. The number of fused-ring (bicyclic) bond motifs is 1. The van der Waals surface area contributed by atoms with Crippen molar-refractivity contribution in [1.29, 1.82) is 0 Å². The minimum Gasteiger partial charge on any atom is -0.478 e. The summed E-state index contributed by atoms with van der Waals surface area (Å²) in [5, 5.41) is 10.3. The topological polar surface area (TPSA) is 97.7 Å². The van der Waals surface area contributed by atoms with E-state index in [9.17, 15) is 14.7 Å². The summed E-state index contributed by atoms with van der Waals surface area (Å²) < 4.78 is 1.99. The number of hydrogen-bond acceptors (Lipinski definition) is 4. The quantitative estimate of drug-likeness (QED) is 0.796. The van der Waals surface area contributed by atoms with Gasteiger partial charge in [0.05, 0.1) is 0 Å². The number of hydrogen-bond donors (Lipinski definition) is 2. The monoisotopic (exact) mass is 379 g/mol. The first-order valence-corrected chi connectivity index (χ1v) is 9.20. The maximum Gasteiger partial charge on any atom is 0.328 e. The highest BCUT2D eigenvalue weighted by Crippen LogP contribution is 2.37. The third kappa shape index (κ3) is 3.63. The second-order valence-corrected chi connectivity index (χ2v) is 7.97. The Kier molecular flexibility index (Phi) is 4.98. The SMILES string of the molecule is C\C=N/C(N)=c1/ccc(-n2cc(C)c3c2CC(C)(C)CC3=O)c/c1=C\C(=O)O. The van der Waals surface area contributed by atoms with Crippen molar-refractivity contribution in [2.75, 3.05) is 0 Å². The molecule has 0 unspecified atom stereocenters. The number of benzene rings is 1. The number of carboxylic acids is 1. The zero-order valence-corrected chi connectivity index (χ0v) is 16.6. The van der Waals surface area contributed by atoms with Crippen molar-refractivity contribution < 1.29 is 14.7 Å². The fourth-order valence-electron chi connectivity index (χ4n) is 3.90. The average molecular weight is 379 g/mol. The Morgan fingerprint density at radius 1 is 1.32 bits per heavy atom. The van der Waals surface area contributed by atoms with Crippen molar-refractivity contribution in [3.8, 4) is 5.69 Å². The summed E-state index contributed by atoms with van der Waals surface area (Å²) in [6.45, 7) is 7.86. The fraction of sp³-hybridized carbons (Fsp3) is 0.318. The Morgan fingerprint density at radius 2 is 2.04 bits per heavy atom. The van der Waals surface area contributed by atoms with Gasteiger partial charge in [0.15, 0.2) is 5.78 Å². The summed E-state index contributed by atoms with van der Waals surface area (Å²) in [4.78, 5) is 28.1. The van der Waals surface area contributed by atoms with E-state index in [1.165, 1.54) is 0 Å². The smallest absolute Gasteiger partial charge is 0.328 e. The molecule has 0 amide bonds. The molecule has 3 rings (SSSR count). The number of aliphatic imine (C=N–C) groups is 1. The molecule has 0 saturated carbocycles. The molecule has 1 aromatic heterocycles. The fourth-order valence-corrected chi connectivity index (χ4v) is 3.90. The molecule has 146 valence electrons. The van der Waals surface area contributed by atoms with Crippen LogP contribution in [0.2, 0.25) is 0 Å². The Hall–Kier alpha value is -3.15. The molecular weight excluding hydrogens is 354 g/mol. The van der Waals surface area contributed by atoms with E-state index >= 15 is 0 Å². The molecule has 1 heterocycles. The van der Waals surface area contributed by atoms with Crippen molar-refractivity contribution in [2.45, 2.75) is 40.5 Å². The lowest BCUT2D eigenvalue weighted by Crippen LogP contribution is -2.31. The Balaban J connectivity index is 2.28. The third-order valence-corrected chi connectivity index (χ3v) is 5.00. The van der Waals surface area contributed by atoms with Crippen molar-refractivity contribution in [2.24, 2.45) is 16.1 Å². The summed E-state index contributed by atoms with van der Waals surface area (Å²) in [7, 11) is 0. The predicted octanol–water partition coefficient (Wildman–Crippen LogP) is 1.92. The highest BCUT2D eigenvalue weighted by Gasteiger charge is 2.34. The van der Waals surface area contributed by atoms with Crippen molar-refractivity contribution in [3.05, 3.63) is 51.7 Å². The van der Waals surface area contributed by atoms with Crippen LogP contribution in [0.1, 0.15) is 48.8 Å². The number of Topliss-reactive ketones (excluding diaryl/α,β-unsaturated/α-hetero) is 1.